The topological polar surface area (TPSA) is 66.4 Å². The van der Waals surface area contributed by atoms with Crippen LogP contribution in [0.3, 0.4) is 0 Å². The highest BCUT2D eigenvalue weighted by Crippen LogP contribution is 2.25. The molecule has 2 N–H and O–H groups in total. The molecule has 4 nitrogen and oxygen atoms in total. The third kappa shape index (κ3) is 3.15. The Morgan fingerprint density at radius 3 is 2.68 bits per heavy atom. The van der Waals surface area contributed by atoms with Gasteiger partial charge in [0.1, 0.15) is 4.88 Å². The molecule has 1 aromatic carbocycles. The fourth-order valence-corrected chi connectivity index (χ4v) is 2.59. The Morgan fingerprint density at radius 2 is 2.05 bits per heavy atom. The van der Waals surface area contributed by atoms with Gasteiger partial charge in [-0.05, 0) is 45.6 Å². The number of carboxylic acid groups (broad SMARTS) is 1. The summed E-state index contributed by atoms with van der Waals surface area (Å²) in [5.41, 5.74) is 0.674. The van der Waals surface area contributed by atoms with Crippen molar-refractivity contribution in [3.8, 4) is 0 Å². The highest BCUT2D eigenvalue weighted by atomic mass is 79.9. The maximum Gasteiger partial charge on any atom is 0.348 e. The van der Waals surface area contributed by atoms with E-state index in [1.807, 2.05) is 0 Å². The van der Waals surface area contributed by atoms with Crippen LogP contribution in [0, 0.1) is 0 Å². The molecule has 0 fully saturated rings. The number of aromatic carboxylic acids is 1. The van der Waals surface area contributed by atoms with Crippen LogP contribution in [0.2, 0.25) is 5.02 Å². The van der Waals surface area contributed by atoms with Crippen LogP contribution in [0.15, 0.2) is 34.1 Å². The fraction of sp³-hybridized carbons (Fsp3) is 0. The van der Waals surface area contributed by atoms with Gasteiger partial charge in [0.15, 0.2) is 0 Å². The van der Waals surface area contributed by atoms with Gasteiger partial charge < -0.3 is 10.4 Å². The van der Waals surface area contributed by atoms with Crippen molar-refractivity contribution in [1.82, 2.24) is 0 Å². The van der Waals surface area contributed by atoms with E-state index in [-0.39, 0.29) is 10.6 Å². The minimum Gasteiger partial charge on any atom is -0.477 e. The first-order valence-corrected chi connectivity index (χ1v) is 7.11. The largest absolute Gasteiger partial charge is 0.477 e. The van der Waals surface area contributed by atoms with Crippen LogP contribution >= 0.6 is 38.9 Å². The summed E-state index contributed by atoms with van der Waals surface area (Å²) in [6.07, 6.45) is 0. The molecule has 19 heavy (non-hydrogen) atoms. The van der Waals surface area contributed by atoms with E-state index in [9.17, 15) is 9.59 Å². The van der Waals surface area contributed by atoms with E-state index in [0.29, 0.717) is 15.1 Å². The van der Waals surface area contributed by atoms with Crippen LogP contribution in [0.1, 0.15) is 20.0 Å². The molecule has 0 unspecified atom stereocenters. The van der Waals surface area contributed by atoms with Crippen LogP contribution < -0.4 is 5.32 Å². The number of carbonyl (C=O) groups excluding carboxylic acids is 1. The lowest BCUT2D eigenvalue weighted by molar-refractivity contribution is 0.0703. The molecule has 0 aliphatic rings. The van der Waals surface area contributed by atoms with Crippen molar-refractivity contribution in [1.29, 1.82) is 0 Å². The molecule has 2 rings (SSSR count). The summed E-state index contributed by atoms with van der Waals surface area (Å²) < 4.78 is 0.602. The monoisotopic (exact) mass is 359 g/mol. The van der Waals surface area contributed by atoms with Gasteiger partial charge in [0, 0.05) is 10.0 Å². The molecule has 0 aliphatic heterocycles. The van der Waals surface area contributed by atoms with E-state index in [0.717, 1.165) is 11.3 Å². The number of halogens is 2. The van der Waals surface area contributed by atoms with Crippen LogP contribution in [0.25, 0.3) is 0 Å². The molecule has 2 aromatic rings. The number of rotatable bonds is 3. The molecule has 0 radical (unpaired) electrons. The molecule has 1 heterocycles. The van der Waals surface area contributed by atoms with Crippen LogP contribution in [0.4, 0.5) is 5.69 Å². The summed E-state index contributed by atoms with van der Waals surface area (Å²) >= 11 is 10.1. The van der Waals surface area contributed by atoms with Crippen molar-refractivity contribution in [2.75, 3.05) is 5.32 Å². The number of anilines is 1. The van der Waals surface area contributed by atoms with E-state index in [1.165, 1.54) is 0 Å². The zero-order chi connectivity index (χ0) is 14.0. The van der Waals surface area contributed by atoms with E-state index in [1.54, 1.807) is 29.6 Å². The molecule has 1 aromatic heterocycles. The van der Waals surface area contributed by atoms with E-state index in [2.05, 4.69) is 21.2 Å². The Labute approximate surface area is 126 Å². The highest BCUT2D eigenvalue weighted by molar-refractivity contribution is 9.10. The lowest BCUT2D eigenvalue weighted by Gasteiger charge is -2.05. The summed E-state index contributed by atoms with van der Waals surface area (Å²) in [5, 5.41) is 13.6. The second-order valence-electron chi connectivity index (χ2n) is 3.55. The van der Waals surface area contributed by atoms with Crippen molar-refractivity contribution in [2.24, 2.45) is 0 Å². The van der Waals surface area contributed by atoms with Gasteiger partial charge in [-0.1, -0.05) is 11.6 Å². The first-order valence-electron chi connectivity index (χ1n) is 5.06. The number of hydrogen-bond donors (Lipinski definition) is 2. The maximum atomic E-state index is 12.0. The predicted molar refractivity (Wildman–Crippen MR) is 78.4 cm³/mol. The van der Waals surface area contributed by atoms with Crippen LogP contribution in [-0.2, 0) is 0 Å². The molecule has 0 atom stereocenters. The summed E-state index contributed by atoms with van der Waals surface area (Å²) in [4.78, 5) is 23.0. The van der Waals surface area contributed by atoms with Gasteiger partial charge in [-0.3, -0.25) is 4.79 Å². The highest BCUT2D eigenvalue weighted by Gasteiger charge is 2.15. The number of benzene rings is 1. The lowest BCUT2D eigenvalue weighted by Crippen LogP contribution is -2.13. The normalized spacial score (nSPS) is 10.2. The molecular formula is C12H7BrClNO3S. The second kappa shape index (κ2) is 5.73. The smallest absolute Gasteiger partial charge is 0.348 e. The number of thiophene rings is 1. The summed E-state index contributed by atoms with van der Waals surface area (Å²) in [6, 6.07) is 6.28. The number of hydrogen-bond acceptors (Lipinski definition) is 3. The average molecular weight is 361 g/mol. The van der Waals surface area contributed by atoms with Crippen molar-refractivity contribution in [3.63, 3.8) is 0 Å². The molecule has 0 aliphatic carbocycles. The number of nitrogens with one attached hydrogen (secondary N) is 1. The van der Waals surface area contributed by atoms with Gasteiger partial charge >= 0.3 is 5.97 Å². The molecule has 0 spiro atoms. The van der Waals surface area contributed by atoms with E-state index < -0.39 is 11.9 Å². The van der Waals surface area contributed by atoms with E-state index in [4.69, 9.17) is 16.7 Å². The van der Waals surface area contributed by atoms with Gasteiger partial charge in [0.2, 0.25) is 0 Å². The number of carbonyl (C=O) groups is 2. The molecule has 0 saturated heterocycles. The van der Waals surface area contributed by atoms with Crippen LogP contribution in [-0.4, -0.2) is 17.0 Å². The minimum absolute atomic E-state index is 0.0985. The number of amides is 1. The van der Waals surface area contributed by atoms with Crippen molar-refractivity contribution in [3.05, 3.63) is 49.6 Å². The summed E-state index contributed by atoms with van der Waals surface area (Å²) in [5.74, 6) is -1.46. The summed E-state index contributed by atoms with van der Waals surface area (Å²) in [7, 11) is 0. The summed E-state index contributed by atoms with van der Waals surface area (Å²) in [6.45, 7) is 0. The third-order valence-corrected chi connectivity index (χ3v) is 4.41. The van der Waals surface area contributed by atoms with Gasteiger partial charge in [-0.25, -0.2) is 4.79 Å². The Hall–Kier alpha value is -1.37. The molecule has 98 valence electrons. The van der Waals surface area contributed by atoms with Crippen LogP contribution in [0.5, 0.6) is 0 Å². The third-order valence-electron chi connectivity index (χ3n) is 2.29. The zero-order valence-corrected chi connectivity index (χ0v) is 12.5. The van der Waals surface area contributed by atoms with Gasteiger partial charge in [-0.2, -0.15) is 0 Å². The van der Waals surface area contributed by atoms with Crippen molar-refractivity contribution < 1.29 is 14.7 Å². The minimum atomic E-state index is -1.07. The Morgan fingerprint density at radius 1 is 1.32 bits per heavy atom. The predicted octanol–water partition coefficient (Wildman–Crippen LogP) is 4.11. The van der Waals surface area contributed by atoms with Gasteiger partial charge in [0.05, 0.1) is 10.7 Å². The first-order chi connectivity index (χ1) is 8.99. The molecule has 0 bridgehead atoms. The number of carboxylic acids is 1. The molecule has 0 saturated carbocycles. The van der Waals surface area contributed by atoms with Crippen molar-refractivity contribution >= 4 is 56.4 Å². The zero-order valence-electron chi connectivity index (χ0n) is 9.31. The maximum absolute atomic E-state index is 12.0. The quantitative estimate of drug-likeness (QED) is 0.865. The molecule has 7 heteroatoms. The van der Waals surface area contributed by atoms with Gasteiger partial charge in [-0.15, -0.1) is 11.3 Å². The lowest BCUT2D eigenvalue weighted by atomic mass is 10.2. The average Bonchev–Trinajstić information content (AvgIpc) is 2.80. The first kappa shape index (κ1) is 14.0. The second-order valence-corrected chi connectivity index (χ2v) is 5.73. The van der Waals surface area contributed by atoms with Crippen molar-refractivity contribution in [2.45, 2.75) is 0 Å². The van der Waals surface area contributed by atoms with Gasteiger partial charge in [0.25, 0.3) is 5.91 Å². The molecular weight excluding hydrogens is 354 g/mol. The fourth-order valence-electron chi connectivity index (χ4n) is 1.41. The Kier molecular flexibility index (Phi) is 4.24. The Balaban J connectivity index is 2.23. The standard InChI is InChI=1S/C12H7BrClNO3S/c13-7-5-6(1-2-8(7)14)11(16)15-9-3-4-19-10(9)12(17)18/h1-5H,(H,15,16)(H,17,18). The SMILES string of the molecule is O=C(Nc1ccsc1C(=O)O)c1ccc(Cl)c(Br)c1. The Bertz CT molecular complexity index is 656. The molecule has 1 amide bonds. The van der Waals surface area contributed by atoms with E-state index >= 15 is 0 Å².